The molecule has 0 aromatic heterocycles. The van der Waals surface area contributed by atoms with Gasteiger partial charge in [0, 0.05) is 5.54 Å². The van der Waals surface area contributed by atoms with Crippen molar-refractivity contribution in [3.63, 3.8) is 0 Å². The van der Waals surface area contributed by atoms with Gasteiger partial charge in [0.15, 0.2) is 0 Å². The van der Waals surface area contributed by atoms with Crippen LogP contribution in [0.5, 0.6) is 0 Å². The first-order valence-corrected chi connectivity index (χ1v) is 6.82. The Morgan fingerprint density at radius 3 is 1.87 bits per heavy atom. The third kappa shape index (κ3) is 1.32. The molecule has 4 saturated carbocycles. The second kappa shape index (κ2) is 2.80. The van der Waals surface area contributed by atoms with Gasteiger partial charge in [0.1, 0.15) is 0 Å². The lowest BCUT2D eigenvalue weighted by atomic mass is 9.41. The zero-order valence-corrected chi connectivity index (χ0v) is 10.3. The summed E-state index contributed by atoms with van der Waals surface area (Å²) in [5, 5.41) is 0. The van der Waals surface area contributed by atoms with Gasteiger partial charge in [-0.1, -0.05) is 26.7 Å². The highest BCUT2D eigenvalue weighted by atomic mass is 14.8. The van der Waals surface area contributed by atoms with Gasteiger partial charge >= 0.3 is 0 Å². The number of nitrogens with two attached hydrogens (primary N) is 1. The van der Waals surface area contributed by atoms with Crippen molar-refractivity contribution in [2.45, 2.75) is 70.8 Å². The van der Waals surface area contributed by atoms with Crippen molar-refractivity contribution in [2.24, 2.45) is 22.5 Å². The minimum absolute atomic E-state index is 0.228. The lowest BCUT2D eigenvalue weighted by Gasteiger charge is -2.66. The Morgan fingerprint density at radius 1 is 0.933 bits per heavy atom. The second-order valence-corrected chi connectivity index (χ2v) is 7.08. The first kappa shape index (κ1) is 10.1. The molecule has 2 N–H and O–H groups in total. The highest BCUT2D eigenvalue weighted by molar-refractivity contribution is 5.14. The quantitative estimate of drug-likeness (QED) is 0.737. The predicted octanol–water partition coefficient (Wildman–Crippen LogP) is 3.47. The largest absolute Gasteiger partial charge is 0.325 e. The zero-order valence-electron chi connectivity index (χ0n) is 10.3. The summed E-state index contributed by atoms with van der Waals surface area (Å²) >= 11 is 0. The summed E-state index contributed by atoms with van der Waals surface area (Å²) in [6, 6.07) is 0. The molecular weight excluding hydrogens is 182 g/mol. The van der Waals surface area contributed by atoms with Gasteiger partial charge < -0.3 is 5.73 Å². The van der Waals surface area contributed by atoms with E-state index in [9.17, 15) is 0 Å². The molecule has 4 aliphatic rings. The van der Waals surface area contributed by atoms with Crippen molar-refractivity contribution in [1.82, 2.24) is 0 Å². The third-order valence-corrected chi connectivity index (χ3v) is 5.84. The van der Waals surface area contributed by atoms with Crippen molar-refractivity contribution in [1.29, 1.82) is 0 Å². The van der Waals surface area contributed by atoms with E-state index in [4.69, 9.17) is 5.73 Å². The second-order valence-electron chi connectivity index (χ2n) is 7.08. The van der Waals surface area contributed by atoms with E-state index in [0.29, 0.717) is 10.8 Å². The standard InChI is InChI=1S/C14H25N/c1-3-12-5-11-6-13(4-2,8-12)10-14(15,7-11)9-12/h11H,3-10,15H2,1-2H3. The van der Waals surface area contributed by atoms with Gasteiger partial charge in [-0.25, -0.2) is 0 Å². The van der Waals surface area contributed by atoms with Crippen LogP contribution in [0, 0.1) is 16.7 Å². The van der Waals surface area contributed by atoms with E-state index in [1.54, 1.807) is 0 Å². The van der Waals surface area contributed by atoms with Crippen LogP contribution in [0.3, 0.4) is 0 Å². The Labute approximate surface area is 93.8 Å². The van der Waals surface area contributed by atoms with Gasteiger partial charge in [0.25, 0.3) is 0 Å². The molecule has 0 amide bonds. The van der Waals surface area contributed by atoms with Crippen LogP contribution in [0.4, 0.5) is 0 Å². The summed E-state index contributed by atoms with van der Waals surface area (Å²) in [5.41, 5.74) is 8.16. The van der Waals surface area contributed by atoms with Gasteiger partial charge in [-0.2, -0.15) is 0 Å². The first-order chi connectivity index (χ1) is 7.03. The molecule has 0 aromatic rings. The maximum atomic E-state index is 6.64. The molecule has 0 radical (unpaired) electrons. The van der Waals surface area contributed by atoms with E-state index in [1.807, 2.05) is 0 Å². The first-order valence-electron chi connectivity index (χ1n) is 6.82. The van der Waals surface area contributed by atoms with E-state index in [-0.39, 0.29) is 5.54 Å². The summed E-state index contributed by atoms with van der Waals surface area (Å²) < 4.78 is 0. The van der Waals surface area contributed by atoms with Crippen LogP contribution in [0.25, 0.3) is 0 Å². The molecule has 2 unspecified atom stereocenters. The lowest BCUT2D eigenvalue weighted by Crippen LogP contribution is -2.63. The van der Waals surface area contributed by atoms with E-state index < -0.39 is 0 Å². The molecule has 0 spiro atoms. The van der Waals surface area contributed by atoms with Gasteiger partial charge in [-0.05, 0) is 55.3 Å². The SMILES string of the molecule is CCC12CC3CC(N)(C1)CC(CC)(C3)C2. The number of hydrogen-bond acceptors (Lipinski definition) is 1. The fourth-order valence-corrected chi connectivity index (χ4v) is 5.71. The van der Waals surface area contributed by atoms with E-state index >= 15 is 0 Å². The normalized spacial score (nSPS) is 57.4. The summed E-state index contributed by atoms with van der Waals surface area (Å²) in [7, 11) is 0. The molecule has 4 bridgehead atoms. The molecule has 15 heavy (non-hydrogen) atoms. The number of rotatable bonds is 2. The maximum absolute atomic E-state index is 6.64. The average molecular weight is 207 g/mol. The Hall–Kier alpha value is -0.0400. The zero-order chi connectivity index (χ0) is 10.7. The maximum Gasteiger partial charge on any atom is 0.0167 e. The molecule has 4 aliphatic carbocycles. The highest BCUT2D eigenvalue weighted by Crippen LogP contribution is 2.67. The predicted molar refractivity (Wildman–Crippen MR) is 63.6 cm³/mol. The van der Waals surface area contributed by atoms with Crippen molar-refractivity contribution in [3.05, 3.63) is 0 Å². The molecule has 1 heteroatoms. The molecule has 0 aliphatic heterocycles. The lowest BCUT2D eigenvalue weighted by molar-refractivity contribution is -0.124. The van der Waals surface area contributed by atoms with Gasteiger partial charge in [-0.15, -0.1) is 0 Å². The van der Waals surface area contributed by atoms with E-state index in [0.717, 1.165) is 5.92 Å². The molecule has 0 aromatic carbocycles. The minimum atomic E-state index is 0.228. The summed E-state index contributed by atoms with van der Waals surface area (Å²) in [5.74, 6) is 0.964. The fourth-order valence-electron chi connectivity index (χ4n) is 5.71. The van der Waals surface area contributed by atoms with Crippen LogP contribution in [-0.4, -0.2) is 5.54 Å². The monoisotopic (exact) mass is 207 g/mol. The molecule has 4 rings (SSSR count). The molecule has 0 heterocycles. The van der Waals surface area contributed by atoms with Crippen LogP contribution >= 0.6 is 0 Å². The van der Waals surface area contributed by atoms with Crippen LogP contribution < -0.4 is 5.73 Å². The Morgan fingerprint density at radius 2 is 1.47 bits per heavy atom. The Bertz CT molecular complexity index is 263. The fraction of sp³-hybridized carbons (Fsp3) is 1.00. The smallest absolute Gasteiger partial charge is 0.0167 e. The topological polar surface area (TPSA) is 26.0 Å². The number of hydrogen-bond donors (Lipinski definition) is 1. The van der Waals surface area contributed by atoms with Crippen LogP contribution in [0.1, 0.15) is 65.2 Å². The highest BCUT2D eigenvalue weighted by Gasteiger charge is 2.60. The van der Waals surface area contributed by atoms with Gasteiger partial charge in [0.05, 0.1) is 0 Å². The van der Waals surface area contributed by atoms with Crippen molar-refractivity contribution in [3.8, 4) is 0 Å². The van der Waals surface area contributed by atoms with Crippen molar-refractivity contribution < 1.29 is 0 Å². The van der Waals surface area contributed by atoms with Gasteiger partial charge in [0.2, 0.25) is 0 Å². The van der Waals surface area contributed by atoms with Crippen molar-refractivity contribution in [2.75, 3.05) is 0 Å². The van der Waals surface area contributed by atoms with Crippen molar-refractivity contribution >= 4 is 0 Å². The van der Waals surface area contributed by atoms with Crippen LogP contribution in [0.2, 0.25) is 0 Å². The molecule has 0 saturated heterocycles. The third-order valence-electron chi connectivity index (χ3n) is 5.84. The summed E-state index contributed by atoms with van der Waals surface area (Å²) in [6.45, 7) is 4.78. The molecular formula is C14H25N. The van der Waals surface area contributed by atoms with E-state index in [2.05, 4.69) is 13.8 Å². The molecule has 2 atom stereocenters. The Kier molecular flexibility index (Phi) is 1.89. The summed E-state index contributed by atoms with van der Waals surface area (Å²) in [4.78, 5) is 0. The summed E-state index contributed by atoms with van der Waals surface area (Å²) in [6.07, 6.45) is 11.2. The molecule has 4 fully saturated rings. The van der Waals surface area contributed by atoms with Gasteiger partial charge in [-0.3, -0.25) is 0 Å². The average Bonchev–Trinajstić information content (AvgIpc) is 2.14. The molecule has 1 nitrogen and oxygen atoms in total. The Balaban J connectivity index is 2.00. The van der Waals surface area contributed by atoms with Crippen LogP contribution in [-0.2, 0) is 0 Å². The minimum Gasteiger partial charge on any atom is -0.325 e. The molecule has 86 valence electrons. The van der Waals surface area contributed by atoms with Crippen LogP contribution in [0.15, 0.2) is 0 Å². The van der Waals surface area contributed by atoms with E-state index in [1.165, 1.54) is 51.4 Å².